The number of carbonyl (C=O) groups excluding carboxylic acids is 1. The minimum Gasteiger partial charge on any atom is -0.346 e. The summed E-state index contributed by atoms with van der Waals surface area (Å²) >= 11 is 0. The molecule has 0 fully saturated rings. The van der Waals surface area contributed by atoms with Gasteiger partial charge in [0.15, 0.2) is 0 Å². The smallest absolute Gasteiger partial charge is 0.222 e. The normalized spacial score (nSPS) is 11.2. The predicted molar refractivity (Wildman–Crippen MR) is 172 cm³/mol. The van der Waals surface area contributed by atoms with E-state index in [4.69, 9.17) is 0 Å². The van der Waals surface area contributed by atoms with Gasteiger partial charge in [-0.2, -0.15) is 0 Å². The summed E-state index contributed by atoms with van der Waals surface area (Å²) in [6.45, 7) is 7.75. The average molecular weight is 534 g/mol. The molecule has 0 aliphatic heterocycles. The van der Waals surface area contributed by atoms with E-state index < -0.39 is 0 Å². The molecule has 0 aromatic heterocycles. The molecule has 1 amide bonds. The van der Waals surface area contributed by atoms with Crippen molar-refractivity contribution in [1.29, 1.82) is 0 Å². The van der Waals surface area contributed by atoms with Gasteiger partial charge in [0.2, 0.25) is 5.91 Å². The van der Waals surface area contributed by atoms with E-state index in [1.807, 2.05) is 11.9 Å². The first-order valence-electron chi connectivity index (χ1n) is 17.6. The van der Waals surface area contributed by atoms with Crippen LogP contribution in [0.25, 0.3) is 0 Å². The SMILES string of the molecule is CCCCCCCCCCC(=CCCCCCCCC(=O)N(C)CCCCC)CCCCCCCCCC. The van der Waals surface area contributed by atoms with Crippen LogP contribution in [0.3, 0.4) is 0 Å². The molecule has 0 aliphatic carbocycles. The van der Waals surface area contributed by atoms with Gasteiger partial charge in [-0.1, -0.05) is 154 Å². The van der Waals surface area contributed by atoms with Gasteiger partial charge in [0.25, 0.3) is 0 Å². The van der Waals surface area contributed by atoms with Crippen LogP contribution in [0.15, 0.2) is 11.6 Å². The van der Waals surface area contributed by atoms with Gasteiger partial charge < -0.3 is 4.90 Å². The van der Waals surface area contributed by atoms with Crippen molar-refractivity contribution in [3.8, 4) is 0 Å². The standard InChI is InChI=1S/C36H71NO/c1-5-8-11-13-15-17-21-25-30-35(31-26-22-18-16-14-12-9-6-2)32-27-23-19-20-24-28-33-36(38)37(4)34-29-10-7-3/h32H,5-31,33-34H2,1-4H3. The van der Waals surface area contributed by atoms with Crippen molar-refractivity contribution >= 4 is 5.91 Å². The number of amides is 1. The van der Waals surface area contributed by atoms with Crippen LogP contribution in [0.2, 0.25) is 0 Å². The molecule has 0 saturated heterocycles. The number of hydrogen-bond donors (Lipinski definition) is 0. The van der Waals surface area contributed by atoms with Crippen LogP contribution in [0.5, 0.6) is 0 Å². The topological polar surface area (TPSA) is 20.3 Å². The van der Waals surface area contributed by atoms with Crippen LogP contribution in [-0.2, 0) is 4.79 Å². The Hall–Kier alpha value is -0.790. The van der Waals surface area contributed by atoms with Gasteiger partial charge in [-0.3, -0.25) is 4.79 Å². The van der Waals surface area contributed by atoms with E-state index in [1.54, 1.807) is 5.57 Å². The van der Waals surface area contributed by atoms with Gasteiger partial charge in [-0.25, -0.2) is 0 Å². The van der Waals surface area contributed by atoms with E-state index in [0.29, 0.717) is 5.91 Å². The second kappa shape index (κ2) is 30.7. The van der Waals surface area contributed by atoms with E-state index in [2.05, 4.69) is 26.8 Å². The van der Waals surface area contributed by atoms with Crippen LogP contribution in [-0.4, -0.2) is 24.4 Å². The molecular weight excluding hydrogens is 462 g/mol. The van der Waals surface area contributed by atoms with E-state index in [1.165, 1.54) is 161 Å². The van der Waals surface area contributed by atoms with Crippen LogP contribution in [0, 0.1) is 0 Å². The Kier molecular flexibility index (Phi) is 30.1. The maximum absolute atomic E-state index is 12.2. The van der Waals surface area contributed by atoms with Crippen molar-refractivity contribution in [3.63, 3.8) is 0 Å². The number of unbranched alkanes of at least 4 members (excludes halogenated alkanes) is 21. The lowest BCUT2D eigenvalue weighted by molar-refractivity contribution is -0.130. The first-order valence-corrected chi connectivity index (χ1v) is 17.6. The van der Waals surface area contributed by atoms with Gasteiger partial charge in [-0.05, 0) is 51.4 Å². The second-order valence-electron chi connectivity index (χ2n) is 12.1. The summed E-state index contributed by atoms with van der Waals surface area (Å²) in [6, 6.07) is 0. The van der Waals surface area contributed by atoms with Crippen molar-refractivity contribution in [2.75, 3.05) is 13.6 Å². The molecule has 0 saturated carbocycles. The molecule has 0 aromatic rings. The number of allylic oxidation sites excluding steroid dienone is 2. The molecular formula is C36H71NO. The lowest BCUT2D eigenvalue weighted by Gasteiger charge is -2.16. The van der Waals surface area contributed by atoms with Crippen molar-refractivity contribution in [3.05, 3.63) is 11.6 Å². The maximum Gasteiger partial charge on any atom is 0.222 e. The van der Waals surface area contributed by atoms with Crippen LogP contribution in [0.1, 0.15) is 201 Å². The molecule has 0 bridgehead atoms. The minimum absolute atomic E-state index is 0.343. The first kappa shape index (κ1) is 37.2. The minimum atomic E-state index is 0.343. The Morgan fingerprint density at radius 2 is 0.842 bits per heavy atom. The zero-order valence-electron chi connectivity index (χ0n) is 26.9. The van der Waals surface area contributed by atoms with Gasteiger partial charge in [0.1, 0.15) is 0 Å². The number of carbonyl (C=O) groups is 1. The molecule has 0 atom stereocenters. The summed E-state index contributed by atoms with van der Waals surface area (Å²) in [4.78, 5) is 14.2. The molecule has 0 N–H and O–H groups in total. The van der Waals surface area contributed by atoms with Crippen LogP contribution >= 0.6 is 0 Å². The van der Waals surface area contributed by atoms with Crippen molar-refractivity contribution in [1.82, 2.24) is 4.90 Å². The number of nitrogens with zero attached hydrogens (tertiary/aromatic N) is 1. The molecule has 0 heterocycles. The molecule has 226 valence electrons. The Labute approximate surface area is 241 Å². The fraction of sp³-hybridized carbons (Fsp3) is 0.917. The van der Waals surface area contributed by atoms with E-state index in [-0.39, 0.29) is 0 Å². The third kappa shape index (κ3) is 26.8. The summed E-state index contributed by atoms with van der Waals surface area (Å²) in [5.41, 5.74) is 1.76. The Morgan fingerprint density at radius 1 is 0.474 bits per heavy atom. The molecule has 38 heavy (non-hydrogen) atoms. The Balaban J connectivity index is 4.07. The Bertz CT molecular complexity index is 489. The quantitative estimate of drug-likeness (QED) is 0.0664. The molecule has 0 aliphatic rings. The average Bonchev–Trinajstić information content (AvgIpc) is 2.92. The summed E-state index contributed by atoms with van der Waals surface area (Å²) < 4.78 is 0. The van der Waals surface area contributed by atoms with Crippen LogP contribution < -0.4 is 0 Å². The zero-order chi connectivity index (χ0) is 27.9. The van der Waals surface area contributed by atoms with E-state index in [0.717, 1.165) is 25.8 Å². The highest BCUT2D eigenvalue weighted by molar-refractivity contribution is 5.75. The number of hydrogen-bond acceptors (Lipinski definition) is 1. The van der Waals surface area contributed by atoms with E-state index >= 15 is 0 Å². The summed E-state index contributed by atoms with van der Waals surface area (Å²) in [7, 11) is 1.98. The summed E-state index contributed by atoms with van der Waals surface area (Å²) in [6.07, 6.45) is 39.8. The monoisotopic (exact) mass is 534 g/mol. The van der Waals surface area contributed by atoms with Crippen LogP contribution in [0.4, 0.5) is 0 Å². The maximum atomic E-state index is 12.2. The molecule has 0 aromatic carbocycles. The molecule has 2 nitrogen and oxygen atoms in total. The van der Waals surface area contributed by atoms with Gasteiger partial charge in [0.05, 0.1) is 0 Å². The summed E-state index contributed by atoms with van der Waals surface area (Å²) in [5, 5.41) is 0. The van der Waals surface area contributed by atoms with Crippen molar-refractivity contribution < 1.29 is 4.79 Å². The fourth-order valence-electron chi connectivity index (χ4n) is 5.47. The fourth-order valence-corrected chi connectivity index (χ4v) is 5.47. The highest BCUT2D eigenvalue weighted by Crippen LogP contribution is 2.20. The highest BCUT2D eigenvalue weighted by Gasteiger charge is 2.07. The second-order valence-corrected chi connectivity index (χ2v) is 12.1. The first-order chi connectivity index (χ1) is 18.7. The molecule has 0 spiro atoms. The van der Waals surface area contributed by atoms with Crippen molar-refractivity contribution in [2.45, 2.75) is 201 Å². The Morgan fingerprint density at radius 3 is 1.32 bits per heavy atom. The zero-order valence-corrected chi connectivity index (χ0v) is 26.9. The van der Waals surface area contributed by atoms with Gasteiger partial charge >= 0.3 is 0 Å². The highest BCUT2D eigenvalue weighted by atomic mass is 16.2. The third-order valence-electron chi connectivity index (χ3n) is 8.25. The lowest BCUT2D eigenvalue weighted by Crippen LogP contribution is -2.27. The third-order valence-corrected chi connectivity index (χ3v) is 8.25. The summed E-state index contributed by atoms with van der Waals surface area (Å²) in [5.74, 6) is 0.343. The predicted octanol–water partition coefficient (Wildman–Crippen LogP) is 12.4. The number of rotatable bonds is 30. The molecule has 0 radical (unpaired) electrons. The molecule has 0 rings (SSSR count). The largest absolute Gasteiger partial charge is 0.346 e. The van der Waals surface area contributed by atoms with Crippen molar-refractivity contribution in [2.24, 2.45) is 0 Å². The van der Waals surface area contributed by atoms with E-state index in [9.17, 15) is 4.79 Å². The molecule has 2 heteroatoms. The van der Waals surface area contributed by atoms with Gasteiger partial charge in [0, 0.05) is 20.0 Å². The lowest BCUT2D eigenvalue weighted by atomic mass is 9.97. The van der Waals surface area contributed by atoms with Gasteiger partial charge in [-0.15, -0.1) is 0 Å². The molecule has 0 unspecified atom stereocenters.